The number of benzene rings is 2. The topological polar surface area (TPSA) is 50.1 Å². The number of rotatable bonds is 8. The summed E-state index contributed by atoms with van der Waals surface area (Å²) < 4.78 is 136. The quantitative estimate of drug-likeness (QED) is 0.261. The van der Waals surface area contributed by atoms with Crippen LogP contribution in [-0.2, 0) is 38.7 Å². The number of tetrazole rings is 1. The van der Waals surface area contributed by atoms with E-state index in [0.717, 1.165) is 21.8 Å². The van der Waals surface area contributed by atoms with Crippen LogP contribution in [0.4, 0.5) is 49.9 Å². The summed E-state index contributed by atoms with van der Waals surface area (Å²) in [6, 6.07) is 3.55. The first-order valence-corrected chi connectivity index (χ1v) is 12.7. The van der Waals surface area contributed by atoms with E-state index >= 15 is 0 Å². The number of hydrogen-bond donors (Lipinski definition) is 0. The Kier molecular flexibility index (Phi) is 8.50. The van der Waals surface area contributed by atoms with Gasteiger partial charge in [-0.05, 0) is 58.2 Å². The van der Waals surface area contributed by atoms with E-state index in [1.807, 2.05) is 0 Å². The number of aromatic nitrogens is 4. The van der Waals surface area contributed by atoms with Crippen LogP contribution in [-0.4, -0.2) is 44.4 Å². The fourth-order valence-corrected chi connectivity index (χ4v) is 5.00. The van der Waals surface area contributed by atoms with Gasteiger partial charge in [0.25, 0.3) is 5.95 Å². The lowest BCUT2D eigenvalue weighted by molar-refractivity contribution is -0.143. The van der Waals surface area contributed by atoms with Gasteiger partial charge in [-0.15, -0.1) is 5.10 Å². The summed E-state index contributed by atoms with van der Waals surface area (Å²) in [5.74, 6) is -0.422. The Morgan fingerprint density at radius 1 is 0.833 bits per heavy atom. The summed E-state index contributed by atoms with van der Waals surface area (Å²) in [5, 5.41) is 11.5. The highest BCUT2D eigenvalue weighted by atomic mass is 19.4. The molecule has 42 heavy (non-hydrogen) atoms. The number of alkyl halides is 10. The van der Waals surface area contributed by atoms with Crippen molar-refractivity contribution in [1.29, 1.82) is 0 Å². The van der Waals surface area contributed by atoms with E-state index in [4.69, 9.17) is 0 Å². The van der Waals surface area contributed by atoms with Gasteiger partial charge in [0.15, 0.2) is 0 Å². The number of halogens is 10. The van der Waals surface area contributed by atoms with Crippen molar-refractivity contribution in [3.63, 3.8) is 0 Å². The van der Waals surface area contributed by atoms with E-state index in [1.54, 1.807) is 18.7 Å². The van der Waals surface area contributed by atoms with Gasteiger partial charge in [0.1, 0.15) is 6.17 Å². The number of hydrogen-bond acceptors (Lipinski definition) is 5. The van der Waals surface area contributed by atoms with Crippen molar-refractivity contribution in [3.8, 4) is 0 Å². The molecule has 1 atom stereocenters. The predicted molar refractivity (Wildman–Crippen MR) is 131 cm³/mol. The maximum absolute atomic E-state index is 13.8. The van der Waals surface area contributed by atoms with Crippen LogP contribution in [0.1, 0.15) is 53.3 Å². The van der Waals surface area contributed by atoms with Crippen LogP contribution in [0.5, 0.6) is 0 Å². The Morgan fingerprint density at radius 2 is 1.40 bits per heavy atom. The van der Waals surface area contributed by atoms with E-state index in [-0.39, 0.29) is 36.6 Å². The Morgan fingerprint density at radius 3 is 1.86 bits per heavy atom. The molecule has 0 N–H and O–H groups in total. The van der Waals surface area contributed by atoms with Crippen LogP contribution in [0.2, 0.25) is 0 Å². The van der Waals surface area contributed by atoms with Gasteiger partial charge in [0.05, 0.1) is 23.7 Å². The van der Waals surface area contributed by atoms with Gasteiger partial charge in [-0.25, -0.2) is 4.39 Å². The summed E-state index contributed by atoms with van der Waals surface area (Å²) in [6.45, 7) is 2.67. The molecule has 0 bridgehead atoms. The maximum Gasteiger partial charge on any atom is 0.416 e. The first-order chi connectivity index (χ1) is 19.3. The Labute approximate surface area is 233 Å². The molecule has 2 aromatic carbocycles. The van der Waals surface area contributed by atoms with Gasteiger partial charge in [-0.1, -0.05) is 25.0 Å². The molecular weight excluding hydrogens is 586 g/mol. The Balaban J connectivity index is 1.82. The lowest BCUT2D eigenvalue weighted by Gasteiger charge is -2.43. The molecule has 16 heteroatoms. The highest BCUT2D eigenvalue weighted by Gasteiger charge is 2.39. The first-order valence-electron chi connectivity index (χ1n) is 12.7. The van der Waals surface area contributed by atoms with Gasteiger partial charge >= 0.3 is 18.5 Å². The average molecular weight is 613 g/mol. The van der Waals surface area contributed by atoms with E-state index in [0.29, 0.717) is 17.7 Å². The van der Waals surface area contributed by atoms with E-state index in [9.17, 15) is 43.9 Å². The molecule has 1 aliphatic heterocycles. The van der Waals surface area contributed by atoms with Gasteiger partial charge in [-0.3, -0.25) is 4.90 Å². The minimum atomic E-state index is -5.10. The molecule has 0 amide bonds. The monoisotopic (exact) mass is 612 g/mol. The SMILES string of the molecule is CC(C)C(c1ccc(C(F)(F)F)cc1CN(Cc1cc(C(F)(F)F)cc(C(F)(F)F)c1)c1nnn(C)n1)N1CC(F)C1. The fraction of sp³-hybridized carbons (Fsp3) is 0.500. The molecule has 1 aliphatic rings. The summed E-state index contributed by atoms with van der Waals surface area (Å²) >= 11 is 0. The summed E-state index contributed by atoms with van der Waals surface area (Å²) in [5.41, 5.74) is -4.06. The summed E-state index contributed by atoms with van der Waals surface area (Å²) in [6.07, 6.45) is -16.1. The second-order valence-corrected chi connectivity index (χ2v) is 10.5. The second-order valence-electron chi connectivity index (χ2n) is 10.5. The zero-order valence-electron chi connectivity index (χ0n) is 22.5. The first kappa shape index (κ1) is 31.5. The number of aryl methyl sites for hydroxylation is 1. The van der Waals surface area contributed by atoms with Gasteiger partial charge < -0.3 is 4.90 Å². The molecule has 1 fully saturated rings. The second kappa shape index (κ2) is 11.3. The normalized spacial score (nSPS) is 16.1. The zero-order valence-corrected chi connectivity index (χ0v) is 22.5. The number of nitrogens with zero attached hydrogens (tertiary/aromatic N) is 6. The molecule has 2 heterocycles. The third kappa shape index (κ3) is 7.13. The van der Waals surface area contributed by atoms with Crippen LogP contribution < -0.4 is 4.90 Å². The number of likely N-dealkylation sites (tertiary alicyclic amines) is 1. The molecule has 1 saturated heterocycles. The Bertz CT molecular complexity index is 1360. The zero-order chi connectivity index (χ0) is 31.2. The standard InChI is InChI=1S/C26H26F10N6/c1-14(2)22(41-12-20(27)13-41)21-5-4-17(24(28,29)30)8-16(21)11-42(23-37-39-40(3)38-23)10-15-6-18(25(31,32)33)9-19(7-15)26(34,35)36/h4-9,14,20,22H,10-13H2,1-3H3. The van der Waals surface area contributed by atoms with E-state index in [1.165, 1.54) is 13.1 Å². The third-order valence-electron chi connectivity index (χ3n) is 6.84. The van der Waals surface area contributed by atoms with Crippen molar-refractivity contribution >= 4 is 5.95 Å². The van der Waals surface area contributed by atoms with E-state index in [2.05, 4.69) is 15.4 Å². The van der Waals surface area contributed by atoms with Crippen molar-refractivity contribution in [2.24, 2.45) is 13.0 Å². The predicted octanol–water partition coefficient (Wildman–Crippen LogP) is 6.82. The smallest absolute Gasteiger partial charge is 0.330 e. The van der Waals surface area contributed by atoms with Gasteiger partial charge in [0, 0.05) is 32.2 Å². The molecule has 0 aliphatic carbocycles. The van der Waals surface area contributed by atoms with Crippen molar-refractivity contribution in [3.05, 3.63) is 69.8 Å². The van der Waals surface area contributed by atoms with Crippen LogP contribution >= 0.6 is 0 Å². The average Bonchev–Trinajstić information content (AvgIpc) is 3.27. The molecule has 0 radical (unpaired) electrons. The van der Waals surface area contributed by atoms with Gasteiger partial charge in [0.2, 0.25) is 0 Å². The lowest BCUT2D eigenvalue weighted by atomic mass is 9.87. The summed E-state index contributed by atoms with van der Waals surface area (Å²) in [7, 11) is 1.36. The lowest BCUT2D eigenvalue weighted by Crippen LogP contribution is -2.51. The molecule has 1 aromatic heterocycles. The highest BCUT2D eigenvalue weighted by molar-refractivity contribution is 5.42. The van der Waals surface area contributed by atoms with E-state index < -0.39 is 66.1 Å². The highest BCUT2D eigenvalue weighted by Crippen LogP contribution is 2.40. The molecule has 0 saturated carbocycles. The molecule has 0 spiro atoms. The maximum atomic E-state index is 13.8. The van der Waals surface area contributed by atoms with Crippen molar-refractivity contribution in [2.75, 3.05) is 18.0 Å². The third-order valence-corrected chi connectivity index (χ3v) is 6.84. The van der Waals surface area contributed by atoms with Crippen molar-refractivity contribution in [1.82, 2.24) is 25.1 Å². The van der Waals surface area contributed by atoms with Gasteiger partial charge in [-0.2, -0.15) is 44.3 Å². The molecule has 230 valence electrons. The molecule has 1 unspecified atom stereocenters. The molecule has 6 nitrogen and oxygen atoms in total. The fourth-order valence-electron chi connectivity index (χ4n) is 5.00. The number of anilines is 1. The van der Waals surface area contributed by atoms with Crippen molar-refractivity contribution < 1.29 is 43.9 Å². The summed E-state index contributed by atoms with van der Waals surface area (Å²) in [4.78, 5) is 3.89. The minimum Gasteiger partial charge on any atom is -0.330 e. The van der Waals surface area contributed by atoms with Crippen LogP contribution in [0.3, 0.4) is 0 Å². The largest absolute Gasteiger partial charge is 0.416 e. The molecule has 4 rings (SSSR count). The minimum absolute atomic E-state index is 0.0161. The molecular formula is C26H26F10N6. The van der Waals surface area contributed by atoms with Crippen LogP contribution in [0.15, 0.2) is 36.4 Å². The van der Waals surface area contributed by atoms with Crippen LogP contribution in [0, 0.1) is 5.92 Å². The van der Waals surface area contributed by atoms with Crippen LogP contribution in [0.25, 0.3) is 0 Å². The van der Waals surface area contributed by atoms with Crippen molar-refractivity contribution in [2.45, 2.75) is 57.7 Å². The molecule has 3 aromatic rings. The Hall–Kier alpha value is -3.43.